The number of nitrogens with zero attached hydrogens (tertiary/aromatic N) is 1. The maximum absolute atomic E-state index is 12.2. The second-order valence-corrected chi connectivity index (χ2v) is 6.73. The number of carbonyl (C=O) groups excluding carboxylic acids is 1. The minimum absolute atomic E-state index is 0.0727. The Kier molecular flexibility index (Phi) is 5.45. The van der Waals surface area contributed by atoms with E-state index in [2.05, 4.69) is 6.07 Å². The lowest BCUT2D eigenvalue weighted by Gasteiger charge is -2.24. The Morgan fingerprint density at radius 1 is 1.60 bits per heavy atom. The molecule has 20 heavy (non-hydrogen) atoms. The number of amides is 1. The molecule has 0 aromatic carbocycles. The van der Waals surface area contributed by atoms with Crippen molar-refractivity contribution in [1.82, 2.24) is 4.90 Å². The van der Waals surface area contributed by atoms with Crippen LogP contribution in [0.3, 0.4) is 0 Å². The van der Waals surface area contributed by atoms with E-state index in [0.717, 1.165) is 19.4 Å². The summed E-state index contributed by atoms with van der Waals surface area (Å²) in [6.45, 7) is 0.785. The number of aliphatic carboxylic acids is 1. The zero-order chi connectivity index (χ0) is 14.5. The Hall–Kier alpha value is -1.05. The third-order valence-electron chi connectivity index (χ3n) is 3.28. The first-order valence-electron chi connectivity index (χ1n) is 6.48. The molecule has 2 heterocycles. The Morgan fingerprint density at radius 3 is 3.05 bits per heavy atom. The average Bonchev–Trinajstić information content (AvgIpc) is 3.08. The lowest BCUT2D eigenvalue weighted by molar-refractivity contribution is -0.138. The molecule has 1 aliphatic rings. The van der Waals surface area contributed by atoms with E-state index in [1.54, 1.807) is 11.3 Å². The van der Waals surface area contributed by atoms with Crippen molar-refractivity contribution in [2.75, 3.05) is 18.1 Å². The summed E-state index contributed by atoms with van der Waals surface area (Å²) in [5.41, 5.74) is 5.42. The highest BCUT2D eigenvalue weighted by Gasteiger charge is 2.30. The summed E-state index contributed by atoms with van der Waals surface area (Å²) in [6, 6.07) is 3.35. The number of likely N-dealkylation sites (tertiary alicyclic amines) is 1. The Labute approximate surface area is 126 Å². The van der Waals surface area contributed by atoms with Gasteiger partial charge in [-0.3, -0.25) is 9.59 Å². The van der Waals surface area contributed by atoms with Crippen LogP contribution in [0.25, 0.3) is 0 Å². The van der Waals surface area contributed by atoms with Crippen molar-refractivity contribution >= 4 is 35.0 Å². The largest absolute Gasteiger partial charge is 0.480 e. The summed E-state index contributed by atoms with van der Waals surface area (Å²) >= 11 is 2.97. The standard InChI is InChI=1S/C13H18N2O3S2/c14-9(13(17)18)7-19-8-12(16)15-5-1-3-10(15)11-4-2-6-20-11/h2,4,6,9-10H,1,3,5,7-8,14H2,(H,17,18)/t9-,10?/m0/s1. The summed E-state index contributed by atoms with van der Waals surface area (Å²) in [4.78, 5) is 26.0. The Bertz CT molecular complexity index is 464. The van der Waals surface area contributed by atoms with Crippen LogP contribution in [0.5, 0.6) is 0 Å². The smallest absolute Gasteiger partial charge is 0.321 e. The lowest BCUT2D eigenvalue weighted by Crippen LogP contribution is -2.35. The number of nitrogens with two attached hydrogens (primary N) is 1. The number of rotatable bonds is 6. The molecular formula is C13H18N2O3S2. The van der Waals surface area contributed by atoms with Gasteiger partial charge >= 0.3 is 5.97 Å². The molecule has 0 bridgehead atoms. The predicted octanol–water partition coefficient (Wildman–Crippen LogP) is 1.56. The molecule has 0 aliphatic carbocycles. The molecule has 1 aromatic heterocycles. The van der Waals surface area contributed by atoms with E-state index < -0.39 is 12.0 Å². The normalized spacial score (nSPS) is 20.1. The number of thiophene rings is 1. The molecular weight excluding hydrogens is 296 g/mol. The van der Waals surface area contributed by atoms with Crippen LogP contribution in [-0.4, -0.2) is 46.0 Å². The molecule has 0 spiro atoms. The lowest BCUT2D eigenvalue weighted by atomic mass is 10.2. The van der Waals surface area contributed by atoms with Crippen LogP contribution in [0.1, 0.15) is 23.8 Å². The number of hydrogen-bond donors (Lipinski definition) is 2. The zero-order valence-corrected chi connectivity index (χ0v) is 12.7. The molecule has 1 aromatic rings. The number of hydrogen-bond acceptors (Lipinski definition) is 5. The molecule has 1 amide bonds. The monoisotopic (exact) mass is 314 g/mol. The predicted molar refractivity (Wildman–Crippen MR) is 80.9 cm³/mol. The van der Waals surface area contributed by atoms with Crippen LogP contribution >= 0.6 is 23.1 Å². The van der Waals surface area contributed by atoms with Crippen molar-refractivity contribution < 1.29 is 14.7 Å². The summed E-state index contributed by atoms with van der Waals surface area (Å²) in [7, 11) is 0. The molecule has 1 aliphatic heterocycles. The van der Waals surface area contributed by atoms with Crippen molar-refractivity contribution in [1.29, 1.82) is 0 Å². The van der Waals surface area contributed by atoms with Gasteiger partial charge in [-0.15, -0.1) is 23.1 Å². The molecule has 0 saturated carbocycles. The van der Waals surface area contributed by atoms with E-state index in [4.69, 9.17) is 10.8 Å². The quantitative estimate of drug-likeness (QED) is 0.832. The summed E-state index contributed by atoms with van der Waals surface area (Å²) in [5, 5.41) is 10.7. The molecule has 1 saturated heterocycles. The topological polar surface area (TPSA) is 83.6 Å². The van der Waals surface area contributed by atoms with Crippen LogP contribution in [-0.2, 0) is 9.59 Å². The van der Waals surface area contributed by atoms with Crippen molar-refractivity contribution in [3.05, 3.63) is 22.4 Å². The zero-order valence-electron chi connectivity index (χ0n) is 11.0. The fraction of sp³-hybridized carbons (Fsp3) is 0.538. The summed E-state index contributed by atoms with van der Waals surface area (Å²) in [5.74, 6) is -0.396. The van der Waals surface area contributed by atoms with E-state index in [0.29, 0.717) is 5.75 Å². The first kappa shape index (κ1) is 15.3. The van der Waals surface area contributed by atoms with E-state index in [1.165, 1.54) is 16.6 Å². The Balaban J connectivity index is 1.84. The van der Waals surface area contributed by atoms with Gasteiger partial charge in [0.05, 0.1) is 11.8 Å². The molecule has 0 radical (unpaired) electrons. The van der Waals surface area contributed by atoms with Gasteiger partial charge in [-0.05, 0) is 24.3 Å². The molecule has 110 valence electrons. The summed E-state index contributed by atoms with van der Waals surface area (Å²) in [6.07, 6.45) is 2.03. The van der Waals surface area contributed by atoms with Gasteiger partial charge in [0.2, 0.25) is 5.91 Å². The Morgan fingerprint density at radius 2 is 2.40 bits per heavy atom. The molecule has 1 fully saturated rings. The van der Waals surface area contributed by atoms with Crippen LogP contribution in [0.15, 0.2) is 17.5 Å². The van der Waals surface area contributed by atoms with Gasteiger partial charge in [0.25, 0.3) is 0 Å². The van der Waals surface area contributed by atoms with Crippen LogP contribution < -0.4 is 5.73 Å². The highest BCUT2D eigenvalue weighted by atomic mass is 32.2. The van der Waals surface area contributed by atoms with Crippen molar-refractivity contribution in [3.8, 4) is 0 Å². The van der Waals surface area contributed by atoms with Gasteiger partial charge in [0.1, 0.15) is 6.04 Å². The first-order valence-corrected chi connectivity index (χ1v) is 8.52. The third-order valence-corrected chi connectivity index (χ3v) is 5.30. The van der Waals surface area contributed by atoms with Crippen molar-refractivity contribution in [2.45, 2.75) is 24.9 Å². The van der Waals surface area contributed by atoms with Crippen LogP contribution in [0.4, 0.5) is 0 Å². The highest BCUT2D eigenvalue weighted by molar-refractivity contribution is 8.00. The third kappa shape index (κ3) is 3.74. The SMILES string of the molecule is N[C@@H](CSCC(=O)N1CCCC1c1cccs1)C(=O)O. The van der Waals surface area contributed by atoms with Gasteiger partial charge in [-0.25, -0.2) is 0 Å². The molecule has 5 nitrogen and oxygen atoms in total. The minimum atomic E-state index is -1.03. The fourth-order valence-electron chi connectivity index (χ4n) is 2.27. The van der Waals surface area contributed by atoms with E-state index >= 15 is 0 Å². The van der Waals surface area contributed by atoms with Gasteiger partial charge in [0, 0.05) is 17.2 Å². The van der Waals surface area contributed by atoms with Crippen molar-refractivity contribution in [2.24, 2.45) is 5.73 Å². The maximum atomic E-state index is 12.2. The van der Waals surface area contributed by atoms with E-state index in [9.17, 15) is 9.59 Å². The fourth-order valence-corrected chi connectivity index (χ4v) is 4.00. The molecule has 7 heteroatoms. The van der Waals surface area contributed by atoms with E-state index in [-0.39, 0.29) is 17.7 Å². The molecule has 2 rings (SSSR count). The second-order valence-electron chi connectivity index (χ2n) is 4.72. The maximum Gasteiger partial charge on any atom is 0.321 e. The van der Waals surface area contributed by atoms with E-state index in [1.807, 2.05) is 16.3 Å². The number of carboxylic acids is 1. The van der Waals surface area contributed by atoms with Crippen molar-refractivity contribution in [3.63, 3.8) is 0 Å². The number of carboxylic acid groups (broad SMARTS) is 1. The molecule has 1 unspecified atom stereocenters. The number of carbonyl (C=O) groups is 2. The van der Waals surface area contributed by atoms with Crippen LogP contribution in [0.2, 0.25) is 0 Å². The first-order chi connectivity index (χ1) is 9.59. The van der Waals surface area contributed by atoms with Gasteiger partial charge in [0.15, 0.2) is 0 Å². The average molecular weight is 314 g/mol. The molecule has 3 N–H and O–H groups in total. The minimum Gasteiger partial charge on any atom is -0.480 e. The highest BCUT2D eigenvalue weighted by Crippen LogP contribution is 2.34. The summed E-state index contributed by atoms with van der Waals surface area (Å²) < 4.78 is 0. The molecule has 2 atom stereocenters. The van der Waals surface area contributed by atoms with Gasteiger partial charge in [-0.2, -0.15) is 0 Å². The van der Waals surface area contributed by atoms with Gasteiger partial charge < -0.3 is 15.7 Å². The number of thioether (sulfide) groups is 1. The van der Waals surface area contributed by atoms with Crippen LogP contribution in [0, 0.1) is 0 Å². The second kappa shape index (κ2) is 7.10. The van der Waals surface area contributed by atoms with Gasteiger partial charge in [-0.1, -0.05) is 6.07 Å².